The molecule has 1 aromatic rings. The van der Waals surface area contributed by atoms with Gasteiger partial charge in [-0.05, 0) is 37.1 Å². The molecule has 10 heteroatoms. The van der Waals surface area contributed by atoms with Crippen molar-refractivity contribution in [1.82, 2.24) is 4.31 Å². The van der Waals surface area contributed by atoms with Gasteiger partial charge in [-0.2, -0.15) is 17.5 Å². The molecule has 0 radical (unpaired) electrons. The predicted molar refractivity (Wildman–Crippen MR) is 79.6 cm³/mol. The first-order chi connectivity index (χ1) is 9.66. The van der Waals surface area contributed by atoms with Gasteiger partial charge in [0, 0.05) is 13.1 Å². The quantitative estimate of drug-likeness (QED) is 0.879. The predicted octanol–water partition coefficient (Wildman–Crippen LogP) is 2.75. The van der Waals surface area contributed by atoms with E-state index in [-0.39, 0.29) is 36.4 Å². The van der Waals surface area contributed by atoms with Crippen LogP contribution in [-0.4, -0.2) is 32.4 Å². The lowest BCUT2D eigenvalue weighted by molar-refractivity contribution is -0.137. The van der Waals surface area contributed by atoms with E-state index in [4.69, 9.17) is 17.3 Å². The van der Waals surface area contributed by atoms with Crippen molar-refractivity contribution in [2.75, 3.05) is 19.6 Å². The van der Waals surface area contributed by atoms with Gasteiger partial charge in [0.1, 0.15) is 4.90 Å². The van der Waals surface area contributed by atoms with Crippen molar-refractivity contribution in [2.45, 2.75) is 17.5 Å². The van der Waals surface area contributed by atoms with E-state index in [9.17, 15) is 21.6 Å². The fourth-order valence-corrected chi connectivity index (χ4v) is 4.26. The zero-order valence-corrected chi connectivity index (χ0v) is 13.7. The number of nitrogens with zero attached hydrogens (tertiary/aromatic N) is 1. The fourth-order valence-electron chi connectivity index (χ4n) is 2.22. The Morgan fingerprint density at radius 3 is 2.50 bits per heavy atom. The van der Waals surface area contributed by atoms with Crippen LogP contribution in [0.5, 0.6) is 0 Å². The largest absolute Gasteiger partial charge is 0.416 e. The second-order valence-corrected chi connectivity index (χ2v) is 7.21. The number of rotatable bonds is 3. The van der Waals surface area contributed by atoms with Crippen molar-refractivity contribution in [1.29, 1.82) is 0 Å². The van der Waals surface area contributed by atoms with E-state index >= 15 is 0 Å². The Hall–Kier alpha value is -0.540. The second-order valence-electron chi connectivity index (χ2n) is 4.90. The number of hydrogen-bond acceptors (Lipinski definition) is 3. The van der Waals surface area contributed by atoms with Gasteiger partial charge < -0.3 is 5.73 Å². The van der Waals surface area contributed by atoms with Gasteiger partial charge in [0.05, 0.1) is 10.6 Å². The Kier molecular flexibility index (Phi) is 6.14. The average molecular weight is 379 g/mol. The molecular weight excluding hydrogens is 364 g/mol. The fraction of sp³-hybridized carbons (Fsp3) is 0.500. The molecule has 0 amide bonds. The third kappa shape index (κ3) is 3.86. The topological polar surface area (TPSA) is 63.4 Å². The van der Waals surface area contributed by atoms with E-state index in [0.29, 0.717) is 19.0 Å². The summed E-state index contributed by atoms with van der Waals surface area (Å²) in [5.41, 5.74) is 4.45. The minimum atomic E-state index is -4.63. The molecule has 0 aliphatic carbocycles. The first-order valence-electron chi connectivity index (χ1n) is 6.23. The van der Waals surface area contributed by atoms with Crippen LogP contribution in [0.2, 0.25) is 5.02 Å². The summed E-state index contributed by atoms with van der Waals surface area (Å²) in [4.78, 5) is -0.517. The summed E-state index contributed by atoms with van der Waals surface area (Å²) in [5, 5.41) is -0.223. The van der Waals surface area contributed by atoms with Crippen LogP contribution in [0.15, 0.2) is 23.1 Å². The molecule has 1 fully saturated rings. The van der Waals surface area contributed by atoms with Crippen LogP contribution >= 0.6 is 24.0 Å². The smallest absolute Gasteiger partial charge is 0.330 e. The first-order valence-corrected chi connectivity index (χ1v) is 8.05. The minimum absolute atomic E-state index is 0. The molecule has 0 aromatic heterocycles. The molecular formula is C12H15Cl2F3N2O2S. The van der Waals surface area contributed by atoms with Gasteiger partial charge in [-0.1, -0.05) is 11.6 Å². The summed E-state index contributed by atoms with van der Waals surface area (Å²) in [6.45, 7) is 0.768. The Bertz CT molecular complexity index is 638. The summed E-state index contributed by atoms with van der Waals surface area (Å²) in [6.07, 6.45) is -4.04. The number of halogens is 5. The summed E-state index contributed by atoms with van der Waals surface area (Å²) in [7, 11) is -4.05. The number of hydrogen-bond donors (Lipinski definition) is 1. The monoisotopic (exact) mass is 378 g/mol. The normalized spacial score (nSPS) is 20.0. The van der Waals surface area contributed by atoms with E-state index < -0.39 is 26.7 Å². The van der Waals surface area contributed by atoms with Crippen LogP contribution < -0.4 is 5.73 Å². The van der Waals surface area contributed by atoms with Crippen molar-refractivity contribution in [3.63, 3.8) is 0 Å². The summed E-state index contributed by atoms with van der Waals surface area (Å²) in [6, 6.07) is 2.29. The minimum Gasteiger partial charge on any atom is -0.330 e. The highest BCUT2D eigenvalue weighted by molar-refractivity contribution is 7.89. The maximum absolute atomic E-state index is 12.7. The molecule has 2 N–H and O–H groups in total. The van der Waals surface area contributed by atoms with Gasteiger partial charge in [0.15, 0.2) is 0 Å². The van der Waals surface area contributed by atoms with Crippen LogP contribution in [-0.2, 0) is 16.2 Å². The van der Waals surface area contributed by atoms with Crippen LogP contribution in [0.4, 0.5) is 13.2 Å². The van der Waals surface area contributed by atoms with Crippen molar-refractivity contribution >= 4 is 34.0 Å². The molecule has 1 saturated heterocycles. The molecule has 1 aliphatic rings. The zero-order chi connectivity index (χ0) is 15.8. The molecule has 1 aliphatic heterocycles. The molecule has 0 saturated carbocycles. The third-order valence-electron chi connectivity index (χ3n) is 3.46. The molecule has 0 spiro atoms. The molecule has 2 rings (SSSR count). The molecule has 4 nitrogen and oxygen atoms in total. The van der Waals surface area contributed by atoms with Crippen molar-refractivity contribution < 1.29 is 21.6 Å². The first kappa shape index (κ1) is 19.5. The van der Waals surface area contributed by atoms with Crippen LogP contribution in [0.1, 0.15) is 12.0 Å². The standard InChI is InChI=1S/C12H14ClF3N2O2S.ClH/c13-10-2-1-9(12(14,15)16)5-11(10)21(19,20)18-4-3-8(6-17)7-18;/h1-2,5,8H,3-4,6-7,17H2;1H. The van der Waals surface area contributed by atoms with E-state index in [1.807, 2.05) is 0 Å². The van der Waals surface area contributed by atoms with Crippen molar-refractivity contribution in [2.24, 2.45) is 11.7 Å². The van der Waals surface area contributed by atoms with E-state index in [1.54, 1.807) is 0 Å². The Balaban J connectivity index is 0.00000242. The Morgan fingerprint density at radius 2 is 2.00 bits per heavy atom. The van der Waals surface area contributed by atoms with Crippen LogP contribution in [0.3, 0.4) is 0 Å². The number of alkyl halides is 3. The van der Waals surface area contributed by atoms with E-state index in [1.165, 1.54) is 0 Å². The van der Waals surface area contributed by atoms with Crippen LogP contribution in [0, 0.1) is 5.92 Å². The maximum Gasteiger partial charge on any atom is 0.416 e. The molecule has 1 atom stereocenters. The lowest BCUT2D eigenvalue weighted by Crippen LogP contribution is -2.30. The highest BCUT2D eigenvalue weighted by atomic mass is 35.5. The summed E-state index contributed by atoms with van der Waals surface area (Å²) in [5.74, 6) is 0.0179. The van der Waals surface area contributed by atoms with Crippen LogP contribution in [0.25, 0.3) is 0 Å². The average Bonchev–Trinajstić information content (AvgIpc) is 2.87. The zero-order valence-electron chi connectivity index (χ0n) is 11.3. The molecule has 1 heterocycles. The van der Waals surface area contributed by atoms with E-state index in [0.717, 1.165) is 16.4 Å². The van der Waals surface area contributed by atoms with Gasteiger partial charge in [-0.25, -0.2) is 8.42 Å². The molecule has 0 bridgehead atoms. The molecule has 22 heavy (non-hydrogen) atoms. The van der Waals surface area contributed by atoms with Gasteiger partial charge >= 0.3 is 6.18 Å². The van der Waals surface area contributed by atoms with E-state index in [2.05, 4.69) is 0 Å². The van der Waals surface area contributed by atoms with Crippen molar-refractivity contribution in [3.05, 3.63) is 28.8 Å². The second kappa shape index (κ2) is 6.92. The molecule has 1 unspecified atom stereocenters. The van der Waals surface area contributed by atoms with Crippen molar-refractivity contribution in [3.8, 4) is 0 Å². The molecule has 1 aromatic carbocycles. The Morgan fingerprint density at radius 1 is 1.36 bits per heavy atom. The summed E-state index contributed by atoms with van der Waals surface area (Å²) >= 11 is 5.78. The van der Waals surface area contributed by atoms with Gasteiger partial charge in [0.2, 0.25) is 10.0 Å². The third-order valence-corrected chi connectivity index (χ3v) is 5.80. The van der Waals surface area contributed by atoms with Gasteiger partial charge in [0.25, 0.3) is 0 Å². The number of nitrogens with two attached hydrogens (primary N) is 1. The molecule has 126 valence electrons. The highest BCUT2D eigenvalue weighted by Crippen LogP contribution is 2.35. The lowest BCUT2D eigenvalue weighted by atomic mass is 10.1. The highest BCUT2D eigenvalue weighted by Gasteiger charge is 2.36. The van der Waals surface area contributed by atoms with Gasteiger partial charge in [-0.3, -0.25) is 0 Å². The number of sulfonamides is 1. The lowest BCUT2D eigenvalue weighted by Gasteiger charge is -2.18. The SMILES string of the molecule is Cl.NCC1CCN(S(=O)(=O)c2cc(C(F)(F)F)ccc2Cl)C1. The number of benzene rings is 1. The van der Waals surface area contributed by atoms with Gasteiger partial charge in [-0.15, -0.1) is 12.4 Å². The Labute approximate surface area is 137 Å². The summed E-state index contributed by atoms with van der Waals surface area (Å²) < 4.78 is 64.1. The maximum atomic E-state index is 12.7.